The molecule has 3 atom stereocenters. The van der Waals surface area contributed by atoms with Crippen LogP contribution >= 0.6 is 23.5 Å². The Morgan fingerprint density at radius 2 is 1.22 bits per heavy atom. The lowest BCUT2D eigenvalue weighted by atomic mass is 10.2. The fourth-order valence-electron chi connectivity index (χ4n) is 3.45. The van der Waals surface area contributed by atoms with Gasteiger partial charge in [-0.3, -0.25) is 8.37 Å². The number of rotatable bonds is 13. The highest BCUT2D eigenvalue weighted by Crippen LogP contribution is 2.39. The monoisotopic (exact) mass is 574 g/mol. The molecule has 0 N–H and O–H groups in total. The third-order valence-corrected chi connectivity index (χ3v) is 11.6. The first-order chi connectivity index (χ1) is 17.0. The Bertz CT molecular complexity index is 1140. The number of benzene rings is 2. The van der Waals surface area contributed by atoms with Gasteiger partial charge in [-0.1, -0.05) is 64.1 Å². The molecule has 200 valence electrons. The first kappa shape index (κ1) is 29.5. The topological polar surface area (TPSA) is 96.0 Å². The van der Waals surface area contributed by atoms with E-state index in [0.717, 1.165) is 11.5 Å². The van der Waals surface area contributed by atoms with Crippen LogP contribution in [0, 0.1) is 11.8 Å². The van der Waals surface area contributed by atoms with Gasteiger partial charge in [0.2, 0.25) is 0 Å². The summed E-state index contributed by atoms with van der Waals surface area (Å²) in [6, 6.07) is 15.5. The summed E-state index contributed by atoms with van der Waals surface area (Å²) in [4.78, 5) is -0.0282. The molecule has 7 nitrogen and oxygen atoms in total. The lowest BCUT2D eigenvalue weighted by Crippen LogP contribution is -2.42. The van der Waals surface area contributed by atoms with Gasteiger partial charge in [0.15, 0.2) is 0 Å². The Balaban J connectivity index is 1.93. The summed E-state index contributed by atoms with van der Waals surface area (Å²) in [5.74, 6) is 2.50. The highest BCUT2D eigenvalue weighted by molar-refractivity contribution is 8.17. The Kier molecular flexibility index (Phi) is 10.7. The minimum Gasteiger partial charge on any atom is -0.370 e. The van der Waals surface area contributed by atoms with Gasteiger partial charge in [0.1, 0.15) is 18.3 Å². The molecule has 11 heteroatoms. The molecule has 2 aromatic rings. The number of ether oxygens (including phenoxy) is 1. The zero-order valence-electron chi connectivity index (χ0n) is 20.8. The molecule has 0 aromatic heterocycles. The molecule has 1 aliphatic heterocycles. The van der Waals surface area contributed by atoms with Crippen molar-refractivity contribution in [1.82, 2.24) is 0 Å². The van der Waals surface area contributed by atoms with Crippen molar-refractivity contribution in [3.8, 4) is 0 Å². The lowest BCUT2D eigenvalue weighted by molar-refractivity contribution is 0.0604. The van der Waals surface area contributed by atoms with Gasteiger partial charge in [0.05, 0.1) is 21.0 Å². The summed E-state index contributed by atoms with van der Waals surface area (Å²) < 4.78 is 69.5. The zero-order valence-corrected chi connectivity index (χ0v) is 24.1. The minimum absolute atomic E-state index is 0.0125. The molecule has 0 amide bonds. The van der Waals surface area contributed by atoms with E-state index in [-0.39, 0.29) is 21.0 Å². The van der Waals surface area contributed by atoms with Crippen LogP contribution in [0.2, 0.25) is 0 Å². The van der Waals surface area contributed by atoms with E-state index in [0.29, 0.717) is 11.8 Å². The molecule has 0 saturated carbocycles. The molecule has 36 heavy (non-hydrogen) atoms. The van der Waals surface area contributed by atoms with Crippen LogP contribution in [-0.4, -0.2) is 57.8 Å². The number of hydrogen-bond acceptors (Lipinski definition) is 9. The standard InChI is InChI=1S/C25H34O7S4/c1-18(2)16-33-25(34-17-19(3)4)24-23(32-36(28,29)21-13-9-6-10-14-21)22(15-30-24)31-35(26,27)20-11-7-5-8-12-20/h5-14,18-19,22-25H,15-17H2,1-4H3. The summed E-state index contributed by atoms with van der Waals surface area (Å²) in [5, 5.41) is 0. The molecule has 0 radical (unpaired) electrons. The van der Waals surface area contributed by atoms with E-state index < -0.39 is 38.5 Å². The fraction of sp³-hybridized carbons (Fsp3) is 0.520. The first-order valence-corrected chi connectivity index (χ1v) is 16.7. The summed E-state index contributed by atoms with van der Waals surface area (Å²) >= 11 is 3.34. The lowest BCUT2D eigenvalue weighted by Gasteiger charge is -2.29. The third-order valence-electron chi connectivity index (χ3n) is 5.15. The van der Waals surface area contributed by atoms with E-state index in [4.69, 9.17) is 13.1 Å². The summed E-state index contributed by atoms with van der Waals surface area (Å²) in [6.45, 7) is 8.34. The van der Waals surface area contributed by atoms with Crippen LogP contribution in [0.25, 0.3) is 0 Å². The van der Waals surface area contributed by atoms with Crippen LogP contribution in [0.1, 0.15) is 27.7 Å². The Morgan fingerprint density at radius 1 is 0.778 bits per heavy atom. The van der Waals surface area contributed by atoms with Crippen molar-refractivity contribution < 1.29 is 29.9 Å². The molecule has 3 rings (SSSR count). The molecule has 2 aromatic carbocycles. The fourth-order valence-corrected chi connectivity index (χ4v) is 8.52. The van der Waals surface area contributed by atoms with E-state index >= 15 is 0 Å². The van der Waals surface area contributed by atoms with Crippen molar-refractivity contribution in [3.63, 3.8) is 0 Å². The number of thioether (sulfide) groups is 2. The van der Waals surface area contributed by atoms with Crippen LogP contribution in [0.15, 0.2) is 70.5 Å². The highest BCUT2D eigenvalue weighted by atomic mass is 32.2. The maximum Gasteiger partial charge on any atom is 0.297 e. The average molecular weight is 575 g/mol. The van der Waals surface area contributed by atoms with Gasteiger partial charge in [-0.2, -0.15) is 16.8 Å². The maximum atomic E-state index is 13.2. The Labute approximate surface area is 223 Å². The maximum absolute atomic E-state index is 13.2. The number of hydrogen-bond donors (Lipinski definition) is 0. The molecule has 1 saturated heterocycles. The summed E-state index contributed by atoms with van der Waals surface area (Å²) in [5.41, 5.74) is 0. The van der Waals surface area contributed by atoms with Gasteiger partial charge in [0.25, 0.3) is 20.2 Å². The Morgan fingerprint density at radius 3 is 1.67 bits per heavy atom. The zero-order chi connectivity index (χ0) is 26.3. The molecule has 0 aliphatic carbocycles. The normalized spacial score (nSPS) is 21.0. The molecule has 0 bridgehead atoms. The molecular weight excluding hydrogens is 541 g/mol. The van der Waals surface area contributed by atoms with E-state index in [1.807, 2.05) is 0 Å². The first-order valence-electron chi connectivity index (χ1n) is 11.8. The SMILES string of the molecule is CC(C)CSC(SCC(C)C)C1OCC(OS(=O)(=O)c2ccccc2)C1OS(=O)(=O)c1ccccc1. The van der Waals surface area contributed by atoms with Crippen LogP contribution in [0.4, 0.5) is 0 Å². The molecule has 3 unspecified atom stereocenters. The van der Waals surface area contributed by atoms with Gasteiger partial charge in [-0.15, -0.1) is 23.5 Å². The second-order valence-electron chi connectivity index (χ2n) is 9.35. The smallest absolute Gasteiger partial charge is 0.297 e. The van der Waals surface area contributed by atoms with Crippen molar-refractivity contribution in [1.29, 1.82) is 0 Å². The molecule has 1 heterocycles. The van der Waals surface area contributed by atoms with Crippen molar-refractivity contribution >= 4 is 43.8 Å². The molecular formula is C25H34O7S4. The van der Waals surface area contributed by atoms with E-state index in [9.17, 15) is 16.8 Å². The highest BCUT2D eigenvalue weighted by Gasteiger charge is 2.48. The van der Waals surface area contributed by atoms with E-state index in [2.05, 4.69) is 27.7 Å². The van der Waals surface area contributed by atoms with Gasteiger partial charge >= 0.3 is 0 Å². The van der Waals surface area contributed by atoms with Gasteiger partial charge in [0, 0.05) is 0 Å². The van der Waals surface area contributed by atoms with Crippen LogP contribution < -0.4 is 0 Å². The van der Waals surface area contributed by atoms with Crippen LogP contribution in [0.5, 0.6) is 0 Å². The van der Waals surface area contributed by atoms with Crippen molar-refractivity contribution in [2.24, 2.45) is 11.8 Å². The third kappa shape index (κ3) is 8.21. The molecule has 1 aliphatic rings. The second-order valence-corrected chi connectivity index (χ2v) is 15.1. The predicted molar refractivity (Wildman–Crippen MR) is 145 cm³/mol. The second kappa shape index (κ2) is 13.1. The van der Waals surface area contributed by atoms with Crippen LogP contribution in [0.3, 0.4) is 0 Å². The molecule has 1 fully saturated rings. The minimum atomic E-state index is -4.20. The van der Waals surface area contributed by atoms with Crippen LogP contribution in [-0.2, 0) is 33.3 Å². The van der Waals surface area contributed by atoms with Crippen molar-refractivity contribution in [2.75, 3.05) is 18.1 Å². The average Bonchev–Trinajstić information content (AvgIpc) is 3.20. The van der Waals surface area contributed by atoms with Gasteiger partial charge in [-0.25, -0.2) is 0 Å². The summed E-state index contributed by atoms with van der Waals surface area (Å²) in [7, 11) is -8.37. The Hall–Kier alpha value is -1.08. The summed E-state index contributed by atoms with van der Waals surface area (Å²) in [6.07, 6.45) is -2.95. The van der Waals surface area contributed by atoms with E-state index in [1.54, 1.807) is 59.9 Å². The quantitative estimate of drug-likeness (QED) is 0.241. The van der Waals surface area contributed by atoms with E-state index in [1.165, 1.54) is 24.3 Å². The predicted octanol–water partition coefficient (Wildman–Crippen LogP) is 5.04. The van der Waals surface area contributed by atoms with Crippen molar-refractivity contribution in [3.05, 3.63) is 60.7 Å². The largest absolute Gasteiger partial charge is 0.370 e. The van der Waals surface area contributed by atoms with Gasteiger partial charge in [-0.05, 0) is 47.6 Å². The van der Waals surface area contributed by atoms with Crippen molar-refractivity contribution in [2.45, 2.75) is 60.4 Å². The molecule has 0 spiro atoms. The van der Waals surface area contributed by atoms with Gasteiger partial charge < -0.3 is 4.74 Å².